The van der Waals surface area contributed by atoms with Gasteiger partial charge < -0.3 is 15.0 Å². The van der Waals surface area contributed by atoms with E-state index in [0.29, 0.717) is 34.1 Å². The first kappa shape index (κ1) is 19.1. The summed E-state index contributed by atoms with van der Waals surface area (Å²) in [7, 11) is 5.55. The number of pyridine rings is 1. The van der Waals surface area contributed by atoms with E-state index in [9.17, 15) is 4.79 Å². The van der Waals surface area contributed by atoms with Crippen molar-refractivity contribution in [3.05, 3.63) is 59.1 Å². The Morgan fingerprint density at radius 3 is 2.70 bits per heavy atom. The van der Waals surface area contributed by atoms with Crippen molar-refractivity contribution >= 4 is 28.4 Å². The molecule has 1 aromatic heterocycles. The molecule has 27 heavy (non-hydrogen) atoms. The highest BCUT2D eigenvalue weighted by atomic mass is 35.5. The first-order chi connectivity index (χ1) is 13.0. The van der Waals surface area contributed by atoms with Gasteiger partial charge in [-0.2, -0.15) is 0 Å². The number of methoxy groups -OCH3 is 1. The molecule has 2 aromatic carbocycles. The quantitative estimate of drug-likeness (QED) is 0.702. The summed E-state index contributed by atoms with van der Waals surface area (Å²) in [5.74, 6) is 0.556. The number of hydrogen-bond donors (Lipinski definition) is 1. The average molecular weight is 384 g/mol. The highest BCUT2D eigenvalue weighted by Gasteiger charge is 2.16. The topological polar surface area (TPSA) is 54.5 Å². The largest absolute Gasteiger partial charge is 0.496 e. The molecule has 0 unspecified atom stereocenters. The number of ether oxygens (including phenoxy) is 1. The molecule has 0 atom stereocenters. The van der Waals surface area contributed by atoms with Gasteiger partial charge in [-0.15, -0.1) is 0 Å². The van der Waals surface area contributed by atoms with Crippen LogP contribution in [0.1, 0.15) is 10.4 Å². The first-order valence-corrected chi connectivity index (χ1v) is 9.04. The first-order valence-electron chi connectivity index (χ1n) is 8.66. The standard InChI is InChI=1S/C21H22ClN3O2/c1-25(2)11-10-23-21(26)17-13-19(15-6-4-5-7-20(15)27-3)24-18-9-8-14(22)12-16(17)18/h4-9,12-13H,10-11H2,1-3H3,(H,23,26). The highest BCUT2D eigenvalue weighted by Crippen LogP contribution is 2.32. The number of amides is 1. The number of rotatable bonds is 6. The van der Waals surface area contributed by atoms with Crippen LogP contribution >= 0.6 is 11.6 Å². The molecule has 1 amide bonds. The van der Waals surface area contributed by atoms with E-state index in [-0.39, 0.29) is 5.91 Å². The van der Waals surface area contributed by atoms with Crippen molar-refractivity contribution in [1.82, 2.24) is 15.2 Å². The van der Waals surface area contributed by atoms with Gasteiger partial charge in [0.1, 0.15) is 5.75 Å². The molecule has 3 aromatic rings. The Bertz CT molecular complexity index is 973. The number of hydrogen-bond acceptors (Lipinski definition) is 4. The maximum absolute atomic E-state index is 12.9. The summed E-state index contributed by atoms with van der Waals surface area (Å²) in [4.78, 5) is 19.6. The molecular weight excluding hydrogens is 362 g/mol. The highest BCUT2D eigenvalue weighted by molar-refractivity contribution is 6.31. The fourth-order valence-electron chi connectivity index (χ4n) is 2.87. The molecule has 0 saturated carbocycles. The molecule has 0 bridgehead atoms. The van der Waals surface area contributed by atoms with Crippen molar-refractivity contribution < 1.29 is 9.53 Å². The molecule has 0 fully saturated rings. The molecule has 0 spiro atoms. The van der Waals surface area contributed by atoms with Gasteiger partial charge in [0.25, 0.3) is 5.91 Å². The number of benzene rings is 2. The molecule has 0 aliphatic rings. The van der Waals surface area contributed by atoms with E-state index < -0.39 is 0 Å². The van der Waals surface area contributed by atoms with Crippen molar-refractivity contribution in [2.75, 3.05) is 34.3 Å². The molecule has 0 aliphatic carbocycles. The molecule has 1 heterocycles. The van der Waals surface area contributed by atoms with Crippen LogP contribution in [0.15, 0.2) is 48.5 Å². The van der Waals surface area contributed by atoms with Gasteiger partial charge in [-0.1, -0.05) is 23.7 Å². The van der Waals surface area contributed by atoms with Crippen molar-refractivity contribution in [3.8, 4) is 17.0 Å². The number of aromatic nitrogens is 1. The summed E-state index contributed by atoms with van der Waals surface area (Å²) in [5, 5.41) is 4.26. The third-order valence-corrected chi connectivity index (χ3v) is 4.48. The molecule has 1 N–H and O–H groups in total. The molecule has 5 nitrogen and oxygen atoms in total. The molecule has 140 valence electrons. The lowest BCUT2D eigenvalue weighted by Crippen LogP contribution is -2.31. The lowest BCUT2D eigenvalue weighted by atomic mass is 10.0. The molecule has 0 aliphatic heterocycles. The van der Waals surface area contributed by atoms with Crippen LogP contribution in [0, 0.1) is 0 Å². The lowest BCUT2D eigenvalue weighted by Gasteiger charge is -2.14. The SMILES string of the molecule is COc1ccccc1-c1cc(C(=O)NCCN(C)C)c2cc(Cl)ccc2n1. The molecule has 0 radical (unpaired) electrons. The van der Waals surface area contributed by atoms with Crippen LogP contribution in [0.2, 0.25) is 5.02 Å². The number of nitrogens with one attached hydrogen (secondary N) is 1. The molecule has 3 rings (SSSR count). The fourth-order valence-corrected chi connectivity index (χ4v) is 3.04. The van der Waals surface area contributed by atoms with E-state index >= 15 is 0 Å². The zero-order chi connectivity index (χ0) is 19.4. The van der Waals surface area contributed by atoms with E-state index in [2.05, 4.69) is 5.32 Å². The van der Waals surface area contributed by atoms with Crippen LogP contribution in [0.25, 0.3) is 22.2 Å². The molecular formula is C21H22ClN3O2. The molecule has 0 saturated heterocycles. The fraction of sp³-hybridized carbons (Fsp3) is 0.238. The van der Waals surface area contributed by atoms with Gasteiger partial charge in [0, 0.05) is 29.1 Å². The predicted molar refractivity (Wildman–Crippen MR) is 110 cm³/mol. The van der Waals surface area contributed by atoms with Crippen LogP contribution < -0.4 is 10.1 Å². The second kappa shape index (κ2) is 8.37. The second-order valence-corrected chi connectivity index (χ2v) is 6.91. The lowest BCUT2D eigenvalue weighted by molar-refractivity contribution is 0.0952. The Morgan fingerprint density at radius 1 is 1.19 bits per heavy atom. The van der Waals surface area contributed by atoms with E-state index in [4.69, 9.17) is 21.3 Å². The van der Waals surface area contributed by atoms with Crippen molar-refractivity contribution in [3.63, 3.8) is 0 Å². The predicted octanol–water partition coefficient (Wildman–Crippen LogP) is 3.86. The summed E-state index contributed by atoms with van der Waals surface area (Å²) in [5.41, 5.74) is 2.77. The Kier molecular flexibility index (Phi) is 5.94. The van der Waals surface area contributed by atoms with Gasteiger partial charge >= 0.3 is 0 Å². The van der Waals surface area contributed by atoms with Crippen LogP contribution in [-0.2, 0) is 0 Å². The maximum atomic E-state index is 12.9. The summed E-state index contributed by atoms with van der Waals surface area (Å²) in [6.45, 7) is 1.31. The van der Waals surface area contributed by atoms with Gasteiger partial charge in [-0.25, -0.2) is 4.98 Å². The van der Waals surface area contributed by atoms with Crippen molar-refractivity contribution in [2.24, 2.45) is 0 Å². The van der Waals surface area contributed by atoms with E-state index in [0.717, 1.165) is 17.5 Å². The third-order valence-electron chi connectivity index (χ3n) is 4.24. The monoisotopic (exact) mass is 383 g/mol. The number of para-hydroxylation sites is 1. The number of carbonyl (C=O) groups is 1. The maximum Gasteiger partial charge on any atom is 0.252 e. The Balaban J connectivity index is 2.10. The van der Waals surface area contributed by atoms with E-state index in [1.54, 1.807) is 25.3 Å². The van der Waals surface area contributed by atoms with Gasteiger partial charge in [-0.3, -0.25) is 4.79 Å². The summed E-state index contributed by atoms with van der Waals surface area (Å²) in [6, 6.07) is 14.8. The minimum Gasteiger partial charge on any atom is -0.496 e. The van der Waals surface area contributed by atoms with E-state index in [1.165, 1.54) is 0 Å². The van der Waals surface area contributed by atoms with Gasteiger partial charge in [0.2, 0.25) is 0 Å². The van der Waals surface area contributed by atoms with Crippen LogP contribution in [0.3, 0.4) is 0 Å². The average Bonchev–Trinajstić information content (AvgIpc) is 2.66. The summed E-state index contributed by atoms with van der Waals surface area (Å²) in [6.07, 6.45) is 0. The smallest absolute Gasteiger partial charge is 0.252 e. The van der Waals surface area contributed by atoms with Crippen molar-refractivity contribution in [1.29, 1.82) is 0 Å². The normalized spacial score (nSPS) is 11.0. The Labute approximate surface area is 163 Å². The zero-order valence-electron chi connectivity index (χ0n) is 15.6. The van der Waals surface area contributed by atoms with Crippen LogP contribution in [0.4, 0.5) is 0 Å². The minimum atomic E-state index is -0.150. The second-order valence-electron chi connectivity index (χ2n) is 6.48. The Hall–Kier alpha value is -2.63. The number of halogens is 1. The third kappa shape index (κ3) is 4.38. The number of fused-ring (bicyclic) bond motifs is 1. The molecule has 6 heteroatoms. The number of likely N-dealkylation sites (N-methyl/N-ethyl adjacent to an activating group) is 1. The Morgan fingerprint density at radius 2 is 1.96 bits per heavy atom. The van der Waals surface area contributed by atoms with Gasteiger partial charge in [-0.05, 0) is 50.5 Å². The van der Waals surface area contributed by atoms with E-state index in [1.807, 2.05) is 49.3 Å². The summed E-state index contributed by atoms with van der Waals surface area (Å²) >= 11 is 6.16. The minimum absolute atomic E-state index is 0.150. The number of carbonyl (C=O) groups excluding carboxylic acids is 1. The van der Waals surface area contributed by atoms with Crippen LogP contribution in [0.5, 0.6) is 5.75 Å². The van der Waals surface area contributed by atoms with Crippen molar-refractivity contribution in [2.45, 2.75) is 0 Å². The van der Waals surface area contributed by atoms with Gasteiger partial charge in [0.15, 0.2) is 0 Å². The number of nitrogens with zero attached hydrogens (tertiary/aromatic N) is 2. The van der Waals surface area contributed by atoms with Crippen LogP contribution in [-0.4, -0.2) is 50.1 Å². The zero-order valence-corrected chi connectivity index (χ0v) is 16.4. The van der Waals surface area contributed by atoms with Gasteiger partial charge in [0.05, 0.1) is 23.9 Å². The summed E-state index contributed by atoms with van der Waals surface area (Å²) < 4.78 is 5.46.